The summed E-state index contributed by atoms with van der Waals surface area (Å²) in [6, 6.07) is 2.14. The highest BCUT2D eigenvalue weighted by atomic mass is 35.5. The van der Waals surface area contributed by atoms with Crippen LogP contribution in [0.5, 0.6) is 0 Å². The van der Waals surface area contributed by atoms with Crippen LogP contribution >= 0.6 is 11.6 Å². The first-order chi connectivity index (χ1) is 9.42. The summed E-state index contributed by atoms with van der Waals surface area (Å²) in [5, 5.41) is 0.146. The fourth-order valence-electron chi connectivity index (χ4n) is 1.86. The number of nitrogens with zero attached hydrogens (tertiary/aromatic N) is 1. The fraction of sp³-hybridized carbons (Fsp3) is 0.571. The maximum absolute atomic E-state index is 14.3. The second-order valence-corrected chi connectivity index (χ2v) is 8.55. The van der Waals surface area contributed by atoms with E-state index in [4.69, 9.17) is 17.3 Å². The molecule has 21 heavy (non-hydrogen) atoms. The molecule has 4 nitrogen and oxygen atoms in total. The maximum Gasteiger partial charge on any atom is 0.246 e. The van der Waals surface area contributed by atoms with Crippen molar-refractivity contribution in [2.75, 3.05) is 7.05 Å². The van der Waals surface area contributed by atoms with E-state index in [2.05, 4.69) is 0 Å². The fourth-order valence-corrected chi connectivity index (χ4v) is 3.85. The Hall–Kier alpha value is -0.690. The van der Waals surface area contributed by atoms with Crippen LogP contribution in [0.3, 0.4) is 0 Å². The van der Waals surface area contributed by atoms with Crippen molar-refractivity contribution in [1.29, 1.82) is 0 Å². The molecule has 1 aromatic carbocycles. The lowest BCUT2D eigenvalue weighted by Crippen LogP contribution is -2.43. The molecule has 0 heterocycles. The van der Waals surface area contributed by atoms with E-state index in [1.54, 1.807) is 6.92 Å². The normalized spacial score (nSPS) is 14.5. The lowest BCUT2D eigenvalue weighted by atomic mass is 9.88. The molecule has 120 valence electrons. The molecule has 0 bridgehead atoms. The molecule has 7 heteroatoms. The number of halogens is 2. The van der Waals surface area contributed by atoms with E-state index in [1.807, 2.05) is 20.8 Å². The lowest BCUT2D eigenvalue weighted by Gasteiger charge is -2.34. The number of hydrogen-bond donors (Lipinski definition) is 1. The zero-order valence-corrected chi connectivity index (χ0v) is 14.5. The highest BCUT2D eigenvalue weighted by Gasteiger charge is 2.34. The maximum atomic E-state index is 14.3. The molecule has 0 amide bonds. The molecule has 0 saturated heterocycles. The third-order valence-corrected chi connectivity index (χ3v) is 5.90. The summed E-state index contributed by atoms with van der Waals surface area (Å²) >= 11 is 5.88. The second-order valence-electron chi connectivity index (χ2n) is 6.14. The van der Waals surface area contributed by atoms with E-state index >= 15 is 0 Å². The Morgan fingerprint density at radius 1 is 1.38 bits per heavy atom. The smallest absolute Gasteiger partial charge is 0.246 e. The SMILES string of the molecule is CC(N(C)S(=O)(=O)c1cc(Cl)cc(CN)c1F)C(C)(C)C. The van der Waals surface area contributed by atoms with Gasteiger partial charge in [-0.1, -0.05) is 32.4 Å². The average Bonchev–Trinajstić information content (AvgIpc) is 2.37. The molecule has 2 N–H and O–H groups in total. The van der Waals surface area contributed by atoms with E-state index < -0.39 is 20.7 Å². The third kappa shape index (κ3) is 3.74. The Bertz CT molecular complexity index is 627. The Morgan fingerprint density at radius 2 is 1.90 bits per heavy atom. The molecule has 0 fully saturated rings. The van der Waals surface area contributed by atoms with Crippen molar-refractivity contribution in [2.45, 2.75) is 45.2 Å². The van der Waals surface area contributed by atoms with Crippen LogP contribution in [0.25, 0.3) is 0 Å². The Kier molecular flexibility index (Phi) is 5.42. The largest absolute Gasteiger partial charge is 0.326 e. The van der Waals surface area contributed by atoms with Gasteiger partial charge in [0.05, 0.1) is 0 Å². The quantitative estimate of drug-likeness (QED) is 0.919. The van der Waals surface area contributed by atoms with Crippen LogP contribution in [-0.4, -0.2) is 25.8 Å². The van der Waals surface area contributed by atoms with Gasteiger partial charge in [-0.05, 0) is 24.5 Å². The molecule has 0 aliphatic rings. The van der Waals surface area contributed by atoms with E-state index in [9.17, 15) is 12.8 Å². The number of benzene rings is 1. The van der Waals surface area contributed by atoms with Crippen molar-refractivity contribution in [3.63, 3.8) is 0 Å². The van der Waals surface area contributed by atoms with Crippen LogP contribution in [0, 0.1) is 11.2 Å². The zero-order valence-electron chi connectivity index (χ0n) is 12.9. The minimum atomic E-state index is -3.99. The monoisotopic (exact) mass is 336 g/mol. The van der Waals surface area contributed by atoms with Gasteiger partial charge in [0.15, 0.2) is 0 Å². The Morgan fingerprint density at radius 3 is 2.33 bits per heavy atom. The van der Waals surface area contributed by atoms with Crippen LogP contribution in [0.1, 0.15) is 33.3 Å². The first kappa shape index (κ1) is 18.4. The molecule has 0 saturated carbocycles. The summed E-state index contributed by atoms with van der Waals surface area (Å²) in [7, 11) is -2.55. The highest BCUT2D eigenvalue weighted by molar-refractivity contribution is 7.89. The number of sulfonamides is 1. The van der Waals surface area contributed by atoms with Crippen molar-refractivity contribution in [2.24, 2.45) is 11.1 Å². The minimum absolute atomic E-state index is 0.0814. The van der Waals surface area contributed by atoms with Crippen LogP contribution in [0.4, 0.5) is 4.39 Å². The van der Waals surface area contributed by atoms with Crippen molar-refractivity contribution >= 4 is 21.6 Å². The summed E-state index contributed by atoms with van der Waals surface area (Å²) in [5.74, 6) is -0.838. The molecular weight excluding hydrogens is 315 g/mol. The van der Waals surface area contributed by atoms with Gasteiger partial charge in [0, 0.05) is 30.2 Å². The summed E-state index contributed by atoms with van der Waals surface area (Å²) in [6.45, 7) is 7.42. The van der Waals surface area contributed by atoms with Crippen molar-refractivity contribution in [3.05, 3.63) is 28.5 Å². The summed E-state index contributed by atoms with van der Waals surface area (Å²) in [5.41, 5.74) is 5.23. The van der Waals surface area contributed by atoms with Gasteiger partial charge in [0.1, 0.15) is 10.7 Å². The zero-order chi connectivity index (χ0) is 16.6. The van der Waals surface area contributed by atoms with E-state index in [0.29, 0.717) is 0 Å². The molecule has 0 aromatic heterocycles. The van der Waals surface area contributed by atoms with Gasteiger partial charge in [0.25, 0.3) is 0 Å². The molecular formula is C14H22ClFN2O2S. The Labute approximate surface area is 131 Å². The van der Waals surface area contributed by atoms with Gasteiger partial charge in [-0.2, -0.15) is 4.31 Å². The summed E-state index contributed by atoms with van der Waals surface area (Å²) in [6.07, 6.45) is 0. The van der Waals surface area contributed by atoms with Crippen LogP contribution in [-0.2, 0) is 16.6 Å². The second kappa shape index (κ2) is 6.20. The highest BCUT2D eigenvalue weighted by Crippen LogP contribution is 2.30. The first-order valence-corrected chi connectivity index (χ1v) is 8.40. The lowest BCUT2D eigenvalue weighted by molar-refractivity contribution is 0.216. The minimum Gasteiger partial charge on any atom is -0.326 e. The Balaban J connectivity index is 3.42. The van der Waals surface area contributed by atoms with Gasteiger partial charge in [-0.15, -0.1) is 0 Å². The molecule has 1 rings (SSSR count). The molecule has 1 unspecified atom stereocenters. The van der Waals surface area contributed by atoms with Gasteiger partial charge in [-0.3, -0.25) is 0 Å². The standard InChI is InChI=1S/C14H22ClFN2O2S/c1-9(14(2,3)4)18(5)21(19,20)12-7-11(15)6-10(8-17)13(12)16/h6-7,9H,8,17H2,1-5H3. The number of nitrogens with two attached hydrogens (primary N) is 1. The van der Waals surface area contributed by atoms with Crippen molar-refractivity contribution < 1.29 is 12.8 Å². The number of hydrogen-bond acceptors (Lipinski definition) is 3. The summed E-state index contributed by atoms with van der Waals surface area (Å²) < 4.78 is 40.8. The van der Waals surface area contributed by atoms with Crippen LogP contribution in [0.2, 0.25) is 5.02 Å². The van der Waals surface area contributed by atoms with Gasteiger partial charge < -0.3 is 5.73 Å². The predicted molar refractivity (Wildman–Crippen MR) is 83.2 cm³/mol. The van der Waals surface area contributed by atoms with Gasteiger partial charge in [-0.25, -0.2) is 12.8 Å². The van der Waals surface area contributed by atoms with Gasteiger partial charge >= 0.3 is 0 Å². The average molecular weight is 337 g/mol. The van der Waals surface area contributed by atoms with Crippen LogP contribution < -0.4 is 5.73 Å². The van der Waals surface area contributed by atoms with Crippen molar-refractivity contribution in [1.82, 2.24) is 4.31 Å². The van der Waals surface area contributed by atoms with E-state index in [1.165, 1.54) is 17.4 Å². The molecule has 0 radical (unpaired) electrons. The molecule has 0 spiro atoms. The van der Waals surface area contributed by atoms with E-state index in [0.717, 1.165) is 6.07 Å². The van der Waals surface area contributed by atoms with Crippen LogP contribution in [0.15, 0.2) is 17.0 Å². The number of rotatable bonds is 4. The van der Waals surface area contributed by atoms with E-state index in [-0.39, 0.29) is 28.6 Å². The molecule has 0 aliphatic carbocycles. The summed E-state index contributed by atoms with van der Waals surface area (Å²) in [4.78, 5) is -0.436. The molecule has 0 aliphatic heterocycles. The van der Waals surface area contributed by atoms with Gasteiger partial charge in [0.2, 0.25) is 10.0 Å². The molecule has 1 aromatic rings. The first-order valence-electron chi connectivity index (χ1n) is 6.59. The van der Waals surface area contributed by atoms with Crippen molar-refractivity contribution in [3.8, 4) is 0 Å². The predicted octanol–water partition coefficient (Wildman–Crippen LogP) is 2.99. The third-order valence-electron chi connectivity index (χ3n) is 3.76. The molecule has 1 atom stereocenters. The topological polar surface area (TPSA) is 63.4 Å².